The van der Waals surface area contributed by atoms with Gasteiger partial charge in [-0.05, 0) is 42.2 Å². The molecule has 0 radical (unpaired) electrons. The van der Waals surface area contributed by atoms with Crippen LogP contribution in [0.2, 0.25) is 5.02 Å². The number of carbonyl (C=O) groups is 2. The number of hydrogen-bond acceptors (Lipinski definition) is 3. The molecule has 3 rings (SSSR count). The molecule has 7 heteroatoms. The lowest BCUT2D eigenvalue weighted by molar-refractivity contribution is -0.155. The van der Waals surface area contributed by atoms with Crippen molar-refractivity contribution in [2.24, 2.45) is 11.3 Å². The smallest absolute Gasteiger partial charge is 0.319 e. The van der Waals surface area contributed by atoms with Crippen molar-refractivity contribution in [3.05, 3.63) is 65.2 Å². The van der Waals surface area contributed by atoms with Crippen molar-refractivity contribution < 1.29 is 14.7 Å². The molecule has 32 heavy (non-hydrogen) atoms. The Morgan fingerprint density at radius 3 is 2.25 bits per heavy atom. The van der Waals surface area contributed by atoms with Crippen LogP contribution in [0.15, 0.2) is 54.6 Å². The summed E-state index contributed by atoms with van der Waals surface area (Å²) >= 11 is 6.01. The number of amides is 3. The molecule has 2 aromatic rings. The van der Waals surface area contributed by atoms with E-state index in [4.69, 9.17) is 11.6 Å². The maximum atomic E-state index is 13.4. The van der Waals surface area contributed by atoms with Gasteiger partial charge in [0.25, 0.3) is 0 Å². The summed E-state index contributed by atoms with van der Waals surface area (Å²) in [6, 6.07) is 15.2. The van der Waals surface area contributed by atoms with Crippen molar-refractivity contribution in [2.45, 2.75) is 45.8 Å². The van der Waals surface area contributed by atoms with Crippen LogP contribution >= 0.6 is 11.6 Å². The lowest BCUT2D eigenvalue weighted by Gasteiger charge is -2.51. The van der Waals surface area contributed by atoms with E-state index in [-0.39, 0.29) is 11.8 Å². The van der Waals surface area contributed by atoms with E-state index in [1.54, 1.807) is 29.2 Å². The zero-order valence-corrected chi connectivity index (χ0v) is 19.8. The van der Waals surface area contributed by atoms with Gasteiger partial charge in [0.15, 0.2) is 0 Å². The van der Waals surface area contributed by atoms with E-state index >= 15 is 0 Å². The van der Waals surface area contributed by atoms with Gasteiger partial charge in [-0.1, -0.05) is 69.6 Å². The summed E-state index contributed by atoms with van der Waals surface area (Å²) in [5.74, 6) is -0.237. The number of piperidine rings is 1. The Bertz CT molecular complexity index is 947. The first-order valence-electron chi connectivity index (χ1n) is 10.9. The highest BCUT2D eigenvalue weighted by atomic mass is 35.5. The molecule has 1 aliphatic rings. The van der Waals surface area contributed by atoms with E-state index in [0.717, 1.165) is 5.56 Å². The molecule has 0 aromatic heterocycles. The Kier molecular flexibility index (Phi) is 7.16. The van der Waals surface area contributed by atoms with E-state index in [0.29, 0.717) is 30.2 Å². The van der Waals surface area contributed by atoms with E-state index in [2.05, 4.69) is 10.6 Å². The Morgan fingerprint density at radius 1 is 1.06 bits per heavy atom. The fourth-order valence-corrected chi connectivity index (χ4v) is 4.44. The summed E-state index contributed by atoms with van der Waals surface area (Å²) < 4.78 is 0. The van der Waals surface area contributed by atoms with Gasteiger partial charge in [0.2, 0.25) is 5.91 Å². The molecule has 3 N–H and O–H groups in total. The molecule has 1 aliphatic heterocycles. The Morgan fingerprint density at radius 2 is 1.69 bits per heavy atom. The predicted octanol–water partition coefficient (Wildman–Crippen LogP) is 4.63. The first kappa shape index (κ1) is 24.1. The molecule has 3 amide bonds. The highest BCUT2D eigenvalue weighted by molar-refractivity contribution is 6.30. The van der Waals surface area contributed by atoms with E-state index in [9.17, 15) is 14.7 Å². The molecular formula is C25H32ClN3O3. The number of nitrogens with zero attached hydrogens (tertiary/aromatic N) is 1. The van der Waals surface area contributed by atoms with Gasteiger partial charge >= 0.3 is 6.03 Å². The fourth-order valence-electron chi connectivity index (χ4n) is 4.31. The van der Waals surface area contributed by atoms with E-state index < -0.39 is 23.1 Å². The number of urea groups is 1. The van der Waals surface area contributed by atoms with E-state index in [1.165, 1.54) is 0 Å². The van der Waals surface area contributed by atoms with Gasteiger partial charge in [-0.15, -0.1) is 0 Å². The zero-order valence-electron chi connectivity index (χ0n) is 19.1. The van der Waals surface area contributed by atoms with Crippen LogP contribution in [0.4, 0.5) is 10.5 Å². The van der Waals surface area contributed by atoms with Crippen molar-refractivity contribution >= 4 is 29.2 Å². The fraction of sp³-hybridized carbons (Fsp3) is 0.440. The Balaban J connectivity index is 1.71. The van der Waals surface area contributed by atoms with Crippen LogP contribution in [0.3, 0.4) is 0 Å². The predicted molar refractivity (Wildman–Crippen MR) is 128 cm³/mol. The van der Waals surface area contributed by atoms with Gasteiger partial charge in [-0.3, -0.25) is 4.79 Å². The molecule has 1 saturated heterocycles. The van der Waals surface area contributed by atoms with Gasteiger partial charge in [-0.2, -0.15) is 0 Å². The first-order chi connectivity index (χ1) is 15.0. The van der Waals surface area contributed by atoms with Gasteiger partial charge in [0, 0.05) is 29.2 Å². The maximum Gasteiger partial charge on any atom is 0.319 e. The number of hydrogen-bond donors (Lipinski definition) is 3. The van der Waals surface area contributed by atoms with Gasteiger partial charge in [-0.25, -0.2) is 4.79 Å². The van der Waals surface area contributed by atoms with Crippen molar-refractivity contribution in [1.29, 1.82) is 0 Å². The number of anilines is 1. The molecule has 1 heterocycles. The zero-order chi connectivity index (χ0) is 23.5. The minimum atomic E-state index is -1.08. The highest BCUT2D eigenvalue weighted by Crippen LogP contribution is 2.46. The molecule has 2 aromatic carbocycles. The largest absolute Gasteiger partial charge is 0.384 e. The highest BCUT2D eigenvalue weighted by Gasteiger charge is 2.50. The Labute approximate surface area is 195 Å². The van der Waals surface area contributed by atoms with Crippen molar-refractivity contribution in [2.75, 3.05) is 18.4 Å². The number of likely N-dealkylation sites (tertiary alicyclic amines) is 1. The lowest BCUT2D eigenvalue weighted by Crippen LogP contribution is -2.60. The summed E-state index contributed by atoms with van der Waals surface area (Å²) in [5.41, 5.74) is -0.227. The van der Waals surface area contributed by atoms with Gasteiger partial charge in [0.1, 0.15) is 6.04 Å². The number of benzene rings is 2. The summed E-state index contributed by atoms with van der Waals surface area (Å²) in [6.45, 7) is 8.50. The average Bonchev–Trinajstić information content (AvgIpc) is 2.74. The first-order valence-corrected chi connectivity index (χ1v) is 11.3. The van der Waals surface area contributed by atoms with Crippen LogP contribution < -0.4 is 10.6 Å². The number of nitrogens with one attached hydrogen (secondary N) is 2. The molecular weight excluding hydrogens is 426 g/mol. The number of para-hydroxylation sites is 1. The maximum absolute atomic E-state index is 13.4. The van der Waals surface area contributed by atoms with Crippen molar-refractivity contribution in [3.8, 4) is 0 Å². The second kappa shape index (κ2) is 9.51. The third-order valence-electron chi connectivity index (χ3n) is 6.33. The molecule has 6 nitrogen and oxygen atoms in total. The standard InChI is InChI=1S/C25H32ClN3O3/c1-17(2)21(28-23(31)27-20-8-6-5-7-9-20)22(30)29-15-14-25(32,24(3,4)16-29)18-10-12-19(26)13-11-18/h5-13,17,21,32H,14-16H2,1-4H3,(H2,27,28,31)/t21-,25?/m1/s1. The van der Waals surface area contributed by atoms with Crippen LogP contribution in [-0.4, -0.2) is 41.1 Å². The number of halogens is 1. The summed E-state index contributed by atoms with van der Waals surface area (Å²) in [4.78, 5) is 27.7. The Hall–Kier alpha value is -2.57. The number of carbonyl (C=O) groups excluding carboxylic acids is 2. The van der Waals surface area contributed by atoms with Crippen LogP contribution in [0.5, 0.6) is 0 Å². The van der Waals surface area contributed by atoms with Crippen molar-refractivity contribution in [1.82, 2.24) is 10.2 Å². The minimum Gasteiger partial charge on any atom is -0.384 e. The monoisotopic (exact) mass is 457 g/mol. The summed E-state index contributed by atoms with van der Waals surface area (Å²) in [5, 5.41) is 17.8. The molecule has 0 aliphatic carbocycles. The summed E-state index contributed by atoms with van der Waals surface area (Å²) in [6.07, 6.45) is 0.397. The molecule has 172 valence electrons. The molecule has 0 spiro atoms. The van der Waals surface area contributed by atoms with Crippen LogP contribution in [-0.2, 0) is 10.4 Å². The quantitative estimate of drug-likeness (QED) is 0.612. The van der Waals surface area contributed by atoms with Gasteiger partial charge < -0.3 is 20.6 Å². The second-order valence-electron chi connectivity index (χ2n) is 9.45. The van der Waals surface area contributed by atoms with Gasteiger partial charge in [0.05, 0.1) is 5.60 Å². The SMILES string of the molecule is CC(C)[C@@H](NC(=O)Nc1ccccc1)C(=O)N1CCC(O)(c2ccc(Cl)cc2)C(C)(C)C1. The second-order valence-corrected chi connectivity index (χ2v) is 9.88. The molecule has 1 unspecified atom stereocenters. The topological polar surface area (TPSA) is 81.7 Å². The van der Waals surface area contributed by atoms with Crippen LogP contribution in [0.1, 0.15) is 39.7 Å². The third-order valence-corrected chi connectivity index (χ3v) is 6.59. The molecule has 2 atom stereocenters. The van der Waals surface area contributed by atoms with Crippen LogP contribution in [0, 0.1) is 11.3 Å². The lowest BCUT2D eigenvalue weighted by atomic mass is 9.66. The molecule has 0 saturated carbocycles. The normalized spacial score (nSPS) is 21.2. The number of rotatable bonds is 5. The van der Waals surface area contributed by atoms with E-state index in [1.807, 2.05) is 58.0 Å². The molecule has 1 fully saturated rings. The van der Waals surface area contributed by atoms with Crippen LogP contribution in [0.25, 0.3) is 0 Å². The third kappa shape index (κ3) is 5.08. The average molecular weight is 458 g/mol. The number of aliphatic hydroxyl groups is 1. The summed E-state index contributed by atoms with van der Waals surface area (Å²) in [7, 11) is 0. The van der Waals surface area contributed by atoms with Crippen molar-refractivity contribution in [3.63, 3.8) is 0 Å². The molecule has 0 bridgehead atoms. The minimum absolute atomic E-state index is 0.0933.